The molecule has 0 spiro atoms. The van der Waals surface area contributed by atoms with Gasteiger partial charge in [-0.15, -0.1) is 6.58 Å². The summed E-state index contributed by atoms with van der Waals surface area (Å²) in [5.74, 6) is 1.50. The van der Waals surface area contributed by atoms with E-state index >= 15 is 0 Å². The van der Waals surface area contributed by atoms with Crippen LogP contribution in [-0.2, 0) is 0 Å². The fourth-order valence-electron chi connectivity index (χ4n) is 8.56. The van der Waals surface area contributed by atoms with Gasteiger partial charge in [0, 0.05) is 0 Å². The molecule has 0 saturated carbocycles. The van der Waals surface area contributed by atoms with Gasteiger partial charge in [0.1, 0.15) is 0 Å². The molecule has 0 N–H and O–H groups in total. The van der Waals surface area contributed by atoms with Gasteiger partial charge in [-0.2, -0.15) is 0 Å². The van der Waals surface area contributed by atoms with E-state index in [1.165, 1.54) is 83.5 Å². The van der Waals surface area contributed by atoms with E-state index in [1.807, 2.05) is 39.8 Å². The minimum absolute atomic E-state index is 0.663. The maximum atomic E-state index is 4.48. The summed E-state index contributed by atoms with van der Waals surface area (Å²) in [6.45, 7) is 40.0. The average Bonchev–Trinajstić information content (AvgIpc) is 3.79. The van der Waals surface area contributed by atoms with Gasteiger partial charge in [-0.1, -0.05) is 300 Å². The lowest BCUT2D eigenvalue weighted by Crippen LogP contribution is -1.96. The first-order chi connectivity index (χ1) is 38.8. The predicted octanol–water partition coefficient (Wildman–Crippen LogP) is 24.4. The van der Waals surface area contributed by atoms with Crippen molar-refractivity contribution in [2.75, 3.05) is 0 Å². The molecule has 0 bridgehead atoms. The quantitative estimate of drug-likeness (QED) is 0.0753. The van der Waals surface area contributed by atoms with E-state index in [1.54, 1.807) is 0 Å². The highest BCUT2D eigenvalue weighted by Gasteiger charge is 2.14. The van der Waals surface area contributed by atoms with Crippen molar-refractivity contribution in [3.05, 3.63) is 312 Å². The fourth-order valence-corrected chi connectivity index (χ4v) is 8.56. The lowest BCUT2D eigenvalue weighted by atomic mass is 9.87. The summed E-state index contributed by atoms with van der Waals surface area (Å²) in [6.07, 6.45) is 31.6. The molecule has 0 atom stereocenters. The van der Waals surface area contributed by atoms with E-state index in [4.69, 9.17) is 0 Å². The summed E-state index contributed by atoms with van der Waals surface area (Å²) in [5.41, 5.74) is 21.7. The monoisotopic (exact) mass is 1060 g/mol. The van der Waals surface area contributed by atoms with Gasteiger partial charge in [-0.3, -0.25) is 0 Å². The van der Waals surface area contributed by atoms with Crippen molar-refractivity contribution in [1.29, 1.82) is 0 Å². The Hall–Kier alpha value is -7.80. The molecule has 0 fully saturated rings. The van der Waals surface area contributed by atoms with Crippen molar-refractivity contribution in [3.63, 3.8) is 0 Å². The highest BCUT2D eigenvalue weighted by molar-refractivity contribution is 5.94. The highest BCUT2D eigenvalue weighted by atomic mass is 14.2. The van der Waals surface area contributed by atoms with Gasteiger partial charge in [-0.05, 0) is 184 Å². The normalized spacial score (nSPS) is 15.0. The summed E-state index contributed by atoms with van der Waals surface area (Å²) in [7, 11) is 0. The first-order valence-corrected chi connectivity index (χ1v) is 29.4. The summed E-state index contributed by atoms with van der Waals surface area (Å²) < 4.78 is 0. The molecule has 0 saturated heterocycles. The molecule has 2 aliphatic carbocycles. The van der Waals surface area contributed by atoms with Crippen LogP contribution in [0.3, 0.4) is 0 Å². The van der Waals surface area contributed by atoms with Crippen molar-refractivity contribution in [1.82, 2.24) is 0 Å². The van der Waals surface area contributed by atoms with Crippen molar-refractivity contribution in [3.8, 4) is 0 Å². The maximum absolute atomic E-state index is 4.48. The lowest BCUT2D eigenvalue weighted by Gasteiger charge is -2.18. The van der Waals surface area contributed by atoms with Crippen molar-refractivity contribution in [2.24, 2.45) is 11.8 Å². The molecule has 0 amide bonds. The van der Waals surface area contributed by atoms with Crippen molar-refractivity contribution < 1.29 is 0 Å². The minimum Gasteiger partial charge on any atom is -0.103 e. The SMILES string of the molecule is C=C(/C=C(\C)c1cc(/C(C)=C/C(=C\CC(=C)c2cccc(C)c2)c2ccccc2)cc(/C2=C/C(c3ccccc3)=C\C(c3ccccc3)=C/CC2)c1)c1ccccc1.C=CCC.CC.CC.CC(C)C.CC(C)C1=CCC=CC=C1. The number of hydrogen-bond donors (Lipinski definition) is 0. The van der Waals surface area contributed by atoms with Gasteiger partial charge >= 0.3 is 0 Å². The zero-order chi connectivity index (χ0) is 58.7. The van der Waals surface area contributed by atoms with Crippen LogP contribution in [0.4, 0.5) is 0 Å². The third-order valence-electron chi connectivity index (χ3n) is 12.8. The van der Waals surface area contributed by atoms with Crippen LogP contribution in [0, 0.1) is 18.8 Å². The first-order valence-electron chi connectivity index (χ1n) is 29.4. The van der Waals surface area contributed by atoms with E-state index in [-0.39, 0.29) is 0 Å². The zero-order valence-corrected chi connectivity index (χ0v) is 51.3. The lowest BCUT2D eigenvalue weighted by molar-refractivity contribution is 0.737. The summed E-state index contributed by atoms with van der Waals surface area (Å²) in [4.78, 5) is 0. The Balaban J connectivity index is 0.000000647. The molecular weight excluding hydrogens is 961 g/mol. The Morgan fingerprint density at radius 2 is 1.06 bits per heavy atom. The van der Waals surface area contributed by atoms with Crippen molar-refractivity contribution >= 4 is 44.6 Å². The summed E-state index contributed by atoms with van der Waals surface area (Å²) >= 11 is 0. The highest BCUT2D eigenvalue weighted by Crippen LogP contribution is 2.36. The van der Waals surface area contributed by atoms with Crippen LogP contribution in [0.15, 0.2) is 262 Å². The number of hydrogen-bond acceptors (Lipinski definition) is 0. The van der Waals surface area contributed by atoms with E-state index in [9.17, 15) is 0 Å². The standard InChI is InChI=1S/C58H52.C10H14.C4H10.C4H8.2C2H6/c1-42-20-18-29-51(34-42)43(2)32-33-54(49-25-14-8-15-26-49)36-46(5)56-39-55(45(4)35-44(3)47-21-10-6-11-22-47)40-58(41-56)53-31-19-30-52(48-23-12-7-13-24-48)37-57(38-53)50-27-16-9-17-28-50;1-9(2)10-7-5-3-4-6-8-10;1-4(2)3;1-3-4-2;2*1-2/h6-18,20-30,33-41H,2-3,19,31-32H2,1,4-5H3;3-5,7-9H,6H2,1-2H3;4H,1-3H3;3H,1,4H2,2H3;2*1-2H3/b45-35+,46-36+,52-30+,53-38+,54-33+,57-37+;;;;;. The van der Waals surface area contributed by atoms with Gasteiger partial charge in [0.15, 0.2) is 0 Å². The van der Waals surface area contributed by atoms with Crippen molar-refractivity contribution in [2.45, 2.75) is 122 Å². The Morgan fingerprint density at radius 1 is 0.550 bits per heavy atom. The second-order valence-corrected chi connectivity index (χ2v) is 20.6. The van der Waals surface area contributed by atoms with E-state index in [2.05, 4.69) is 307 Å². The second kappa shape index (κ2) is 37.9. The molecule has 0 radical (unpaired) electrons. The van der Waals surface area contributed by atoms with Gasteiger partial charge in [0.25, 0.3) is 0 Å². The Labute approximate surface area is 488 Å². The summed E-state index contributed by atoms with van der Waals surface area (Å²) in [5, 5.41) is 0. The molecule has 0 nitrogen and oxygen atoms in total. The third kappa shape index (κ3) is 23.7. The molecule has 8 rings (SSSR count). The summed E-state index contributed by atoms with van der Waals surface area (Å²) in [6, 6.07) is 58.4. The number of allylic oxidation sites excluding steroid dienone is 21. The molecule has 0 heteroatoms. The smallest absolute Gasteiger partial charge is 0.00882 e. The van der Waals surface area contributed by atoms with Crippen LogP contribution < -0.4 is 0 Å². The number of benzene rings is 6. The molecule has 0 aromatic heterocycles. The van der Waals surface area contributed by atoms with Crippen LogP contribution in [0.5, 0.6) is 0 Å². The third-order valence-corrected chi connectivity index (χ3v) is 12.8. The molecule has 6 aromatic carbocycles. The predicted molar refractivity (Wildman–Crippen MR) is 364 cm³/mol. The Bertz CT molecular complexity index is 3090. The van der Waals surface area contributed by atoms with Crippen LogP contribution >= 0.6 is 0 Å². The van der Waals surface area contributed by atoms with E-state index < -0.39 is 0 Å². The molecular formula is C80H96. The molecule has 0 heterocycles. The molecule has 6 aromatic rings. The Morgan fingerprint density at radius 3 is 1.60 bits per heavy atom. The zero-order valence-electron chi connectivity index (χ0n) is 51.3. The minimum atomic E-state index is 0.663. The van der Waals surface area contributed by atoms with Gasteiger partial charge in [-0.25, -0.2) is 0 Å². The second-order valence-electron chi connectivity index (χ2n) is 20.6. The van der Waals surface area contributed by atoms with Gasteiger partial charge in [0.05, 0.1) is 0 Å². The first kappa shape index (κ1) is 66.5. The van der Waals surface area contributed by atoms with Crippen LogP contribution in [0.2, 0.25) is 0 Å². The van der Waals surface area contributed by atoms with Crippen LogP contribution in [0.25, 0.3) is 44.6 Å². The largest absolute Gasteiger partial charge is 0.103 e. The molecule has 416 valence electrons. The molecule has 0 unspecified atom stereocenters. The van der Waals surface area contributed by atoms with Crippen LogP contribution in [0.1, 0.15) is 165 Å². The molecule has 0 aliphatic heterocycles. The van der Waals surface area contributed by atoms with E-state index in [0.29, 0.717) is 5.92 Å². The molecule has 80 heavy (non-hydrogen) atoms. The average molecular weight is 1060 g/mol. The Kier molecular flexibility index (Phi) is 31.5. The van der Waals surface area contributed by atoms with Crippen LogP contribution in [-0.4, -0.2) is 0 Å². The molecule has 2 aliphatic rings. The van der Waals surface area contributed by atoms with Gasteiger partial charge < -0.3 is 0 Å². The van der Waals surface area contributed by atoms with Gasteiger partial charge in [0.2, 0.25) is 0 Å². The maximum Gasteiger partial charge on any atom is -0.00882 e. The number of aryl methyl sites for hydroxylation is 1. The van der Waals surface area contributed by atoms with E-state index in [0.717, 1.165) is 54.7 Å². The fraction of sp³-hybridized carbons (Fsp3) is 0.250. The number of rotatable bonds is 14. The topological polar surface area (TPSA) is 0 Å².